The predicted octanol–water partition coefficient (Wildman–Crippen LogP) is 0.977. The van der Waals surface area contributed by atoms with Crippen molar-refractivity contribution in [3.63, 3.8) is 0 Å². The van der Waals surface area contributed by atoms with Crippen LogP contribution in [0.2, 0.25) is 0 Å². The average Bonchev–Trinajstić information content (AvgIpc) is 3.52. The summed E-state index contributed by atoms with van der Waals surface area (Å²) < 4.78 is 15.0. The molecule has 8 heteroatoms. The topological polar surface area (TPSA) is 106 Å². The Morgan fingerprint density at radius 3 is 2.55 bits per heavy atom. The maximum Gasteiger partial charge on any atom is 0.338 e. The number of epoxide rings is 1. The molecule has 1 saturated heterocycles. The van der Waals surface area contributed by atoms with Crippen LogP contribution in [0.3, 0.4) is 0 Å². The highest BCUT2D eigenvalue weighted by atomic mass is 16.6. The van der Waals surface area contributed by atoms with Crippen molar-refractivity contribution in [3.8, 4) is 0 Å². The van der Waals surface area contributed by atoms with E-state index in [2.05, 4.69) is 10.6 Å². The molecule has 160 valence electrons. The summed E-state index contributed by atoms with van der Waals surface area (Å²) in [5, 5.41) is 5.58. The Morgan fingerprint density at radius 1 is 1.10 bits per heavy atom. The number of carbonyl (C=O) groups excluding carboxylic acids is 3. The van der Waals surface area contributed by atoms with E-state index in [1.54, 1.807) is 14.0 Å². The fourth-order valence-corrected chi connectivity index (χ4v) is 2.91. The van der Waals surface area contributed by atoms with Crippen molar-refractivity contribution in [1.82, 2.24) is 10.6 Å². The molecule has 29 heavy (non-hydrogen) atoms. The van der Waals surface area contributed by atoms with Gasteiger partial charge in [0, 0.05) is 26.7 Å². The van der Waals surface area contributed by atoms with Crippen LogP contribution >= 0.6 is 0 Å². The molecular formula is C21H30N2O6. The van der Waals surface area contributed by atoms with Gasteiger partial charge in [0.05, 0.1) is 6.61 Å². The van der Waals surface area contributed by atoms with Crippen molar-refractivity contribution in [1.29, 1.82) is 0 Å². The van der Waals surface area contributed by atoms with E-state index in [9.17, 15) is 14.4 Å². The first kappa shape index (κ1) is 22.8. The molecule has 0 aromatic heterocycles. The maximum atomic E-state index is 12.6. The summed E-state index contributed by atoms with van der Waals surface area (Å²) in [5.74, 6) is -1.31. The molecule has 1 aliphatic rings. The zero-order chi connectivity index (χ0) is 21.1. The van der Waals surface area contributed by atoms with Gasteiger partial charge in [-0.3, -0.25) is 9.59 Å². The van der Waals surface area contributed by atoms with Crippen LogP contribution in [0.25, 0.3) is 0 Å². The van der Waals surface area contributed by atoms with E-state index in [-0.39, 0.29) is 12.5 Å². The molecule has 2 N–H and O–H groups in total. The Balaban J connectivity index is 1.88. The van der Waals surface area contributed by atoms with E-state index >= 15 is 0 Å². The maximum absolute atomic E-state index is 12.6. The SMILES string of the molecule is CCOC(=O)[C@H]1O[C@@H]1C(=O)N[C@@H](Cc1ccccc1)C(=O)NCCCCCOC. The molecule has 1 aliphatic heterocycles. The summed E-state index contributed by atoms with van der Waals surface area (Å²) in [5.41, 5.74) is 0.923. The lowest BCUT2D eigenvalue weighted by Crippen LogP contribution is -2.49. The molecule has 1 aromatic carbocycles. The van der Waals surface area contributed by atoms with Crippen LogP contribution in [0.1, 0.15) is 31.7 Å². The second kappa shape index (κ2) is 12.2. The zero-order valence-electron chi connectivity index (χ0n) is 17.0. The normalized spacial score (nSPS) is 18.6. The van der Waals surface area contributed by atoms with Gasteiger partial charge in [-0.2, -0.15) is 0 Å². The first-order chi connectivity index (χ1) is 14.1. The van der Waals surface area contributed by atoms with Gasteiger partial charge in [-0.05, 0) is 31.7 Å². The van der Waals surface area contributed by atoms with E-state index < -0.39 is 30.1 Å². The van der Waals surface area contributed by atoms with Crippen LogP contribution in [0.4, 0.5) is 0 Å². The number of hydrogen-bond donors (Lipinski definition) is 2. The number of rotatable bonds is 13. The molecule has 0 aliphatic carbocycles. The average molecular weight is 406 g/mol. The molecule has 2 rings (SSSR count). The van der Waals surface area contributed by atoms with Crippen LogP contribution in [-0.4, -0.2) is 62.9 Å². The van der Waals surface area contributed by atoms with Crippen LogP contribution in [0.5, 0.6) is 0 Å². The molecule has 0 radical (unpaired) electrons. The van der Waals surface area contributed by atoms with E-state index in [0.717, 1.165) is 24.8 Å². The van der Waals surface area contributed by atoms with E-state index in [4.69, 9.17) is 14.2 Å². The molecular weight excluding hydrogens is 376 g/mol. The van der Waals surface area contributed by atoms with Gasteiger partial charge in [-0.25, -0.2) is 4.79 Å². The van der Waals surface area contributed by atoms with Gasteiger partial charge in [0.1, 0.15) is 6.04 Å². The molecule has 2 amide bonds. The number of carbonyl (C=O) groups is 3. The fraction of sp³-hybridized carbons (Fsp3) is 0.571. The number of unbranched alkanes of at least 4 members (excludes halogenated alkanes) is 2. The third kappa shape index (κ3) is 7.83. The highest BCUT2D eigenvalue weighted by Crippen LogP contribution is 2.24. The van der Waals surface area contributed by atoms with Gasteiger partial charge < -0.3 is 24.8 Å². The smallest absolute Gasteiger partial charge is 0.338 e. The minimum Gasteiger partial charge on any atom is -0.464 e. The molecule has 8 nitrogen and oxygen atoms in total. The minimum absolute atomic E-state index is 0.219. The van der Waals surface area contributed by atoms with Crippen LogP contribution < -0.4 is 10.6 Å². The van der Waals surface area contributed by atoms with Crippen molar-refractivity contribution in [3.05, 3.63) is 35.9 Å². The summed E-state index contributed by atoms with van der Waals surface area (Å²) >= 11 is 0. The Bertz CT molecular complexity index is 666. The highest BCUT2D eigenvalue weighted by molar-refractivity contribution is 5.95. The van der Waals surface area contributed by atoms with Crippen molar-refractivity contribution < 1.29 is 28.6 Å². The van der Waals surface area contributed by atoms with Crippen molar-refractivity contribution in [2.75, 3.05) is 26.9 Å². The third-order valence-electron chi connectivity index (χ3n) is 4.51. The van der Waals surface area contributed by atoms with Crippen molar-refractivity contribution >= 4 is 17.8 Å². The molecule has 1 fully saturated rings. The standard InChI is InChI=1S/C21H30N2O6/c1-3-28-21(26)18-17(29-18)20(25)23-16(14-15-10-6-4-7-11-15)19(24)22-12-8-5-9-13-27-2/h4,6-7,10-11,16-18H,3,5,8-9,12-14H2,1-2H3,(H,22,24)(H,23,25)/t16-,17-,18-/m0/s1. The van der Waals surface area contributed by atoms with Gasteiger partial charge in [-0.15, -0.1) is 0 Å². The lowest BCUT2D eigenvalue weighted by molar-refractivity contribution is -0.144. The first-order valence-electron chi connectivity index (χ1n) is 9.99. The monoisotopic (exact) mass is 406 g/mol. The molecule has 0 bridgehead atoms. The lowest BCUT2D eigenvalue weighted by Gasteiger charge is -2.18. The Hall–Kier alpha value is -2.45. The van der Waals surface area contributed by atoms with Crippen LogP contribution in [0, 0.1) is 0 Å². The molecule has 0 unspecified atom stereocenters. The van der Waals surface area contributed by atoms with E-state index in [1.807, 2.05) is 30.3 Å². The van der Waals surface area contributed by atoms with Gasteiger partial charge in [0.25, 0.3) is 5.91 Å². The summed E-state index contributed by atoms with van der Waals surface area (Å²) in [6.07, 6.45) is 1.26. The number of amides is 2. The predicted molar refractivity (Wildman–Crippen MR) is 106 cm³/mol. The molecule has 0 saturated carbocycles. The number of ether oxygens (including phenoxy) is 3. The number of esters is 1. The van der Waals surface area contributed by atoms with Crippen molar-refractivity contribution in [2.45, 2.75) is 50.9 Å². The molecule has 1 heterocycles. The largest absolute Gasteiger partial charge is 0.464 e. The van der Waals surface area contributed by atoms with E-state index in [1.165, 1.54) is 0 Å². The highest BCUT2D eigenvalue weighted by Gasteiger charge is 2.52. The number of benzene rings is 1. The Kier molecular flexibility index (Phi) is 9.59. The first-order valence-corrected chi connectivity index (χ1v) is 9.99. The molecule has 0 spiro atoms. The molecule has 1 aromatic rings. The number of methoxy groups -OCH3 is 1. The zero-order valence-corrected chi connectivity index (χ0v) is 17.0. The second-order valence-electron chi connectivity index (χ2n) is 6.82. The van der Waals surface area contributed by atoms with Gasteiger partial charge in [0.15, 0.2) is 12.2 Å². The number of nitrogens with one attached hydrogen (secondary N) is 2. The Labute approximate surface area is 171 Å². The fourth-order valence-electron chi connectivity index (χ4n) is 2.91. The van der Waals surface area contributed by atoms with E-state index in [0.29, 0.717) is 19.6 Å². The number of hydrogen-bond acceptors (Lipinski definition) is 6. The molecule has 3 atom stereocenters. The lowest BCUT2D eigenvalue weighted by atomic mass is 10.0. The summed E-state index contributed by atoms with van der Waals surface area (Å²) in [6, 6.07) is 8.68. The van der Waals surface area contributed by atoms with Gasteiger partial charge in [-0.1, -0.05) is 30.3 Å². The second-order valence-corrected chi connectivity index (χ2v) is 6.82. The summed E-state index contributed by atoms with van der Waals surface area (Å²) in [6.45, 7) is 3.13. The van der Waals surface area contributed by atoms with Crippen LogP contribution in [-0.2, 0) is 35.0 Å². The minimum atomic E-state index is -0.908. The van der Waals surface area contributed by atoms with Gasteiger partial charge >= 0.3 is 5.97 Å². The van der Waals surface area contributed by atoms with Crippen molar-refractivity contribution in [2.24, 2.45) is 0 Å². The summed E-state index contributed by atoms with van der Waals surface area (Å²) in [7, 11) is 1.66. The van der Waals surface area contributed by atoms with Crippen LogP contribution in [0.15, 0.2) is 30.3 Å². The van der Waals surface area contributed by atoms with Gasteiger partial charge in [0.2, 0.25) is 5.91 Å². The Morgan fingerprint density at radius 2 is 1.86 bits per heavy atom. The quantitative estimate of drug-likeness (QED) is 0.287. The summed E-state index contributed by atoms with van der Waals surface area (Å²) in [4.78, 5) is 36.8. The third-order valence-corrected chi connectivity index (χ3v) is 4.51.